The van der Waals surface area contributed by atoms with E-state index in [1.54, 1.807) is 18.4 Å². The molecule has 1 unspecified atom stereocenters. The van der Waals surface area contributed by atoms with Crippen LogP contribution < -0.4 is 5.73 Å². The first-order valence-corrected chi connectivity index (χ1v) is 5.58. The van der Waals surface area contributed by atoms with Crippen LogP contribution in [0.15, 0.2) is 17.5 Å². The van der Waals surface area contributed by atoms with Crippen molar-refractivity contribution in [2.24, 2.45) is 5.73 Å². The van der Waals surface area contributed by atoms with Crippen molar-refractivity contribution in [3.05, 3.63) is 22.4 Å². The normalized spacial score (nSPS) is 13.4. The second-order valence-electron chi connectivity index (χ2n) is 3.37. The average molecular weight is 214 g/mol. The highest BCUT2D eigenvalue weighted by Crippen LogP contribution is 2.10. The molecule has 0 bridgehead atoms. The Morgan fingerprint density at radius 1 is 1.64 bits per heavy atom. The average Bonchev–Trinajstić information content (AvgIpc) is 2.66. The lowest BCUT2D eigenvalue weighted by Gasteiger charge is -2.21. The number of hydrogen-bond donors (Lipinski definition) is 1. The Morgan fingerprint density at radius 3 is 2.93 bits per heavy atom. The van der Waals surface area contributed by atoms with Crippen molar-refractivity contribution in [3.63, 3.8) is 0 Å². The molecule has 4 heteroatoms. The lowest BCUT2D eigenvalue weighted by molar-refractivity contribution is 0.0764. The molecule has 80 valence electrons. The fraction of sp³-hybridized carbons (Fsp3) is 0.600. The van der Waals surface area contributed by atoms with E-state index in [0.717, 1.165) is 13.1 Å². The zero-order chi connectivity index (χ0) is 10.4. The fourth-order valence-electron chi connectivity index (χ4n) is 1.33. The lowest BCUT2D eigenvalue weighted by Crippen LogP contribution is -2.35. The van der Waals surface area contributed by atoms with Gasteiger partial charge in [-0.1, -0.05) is 6.07 Å². The first-order chi connectivity index (χ1) is 6.76. The van der Waals surface area contributed by atoms with E-state index in [9.17, 15) is 0 Å². The second-order valence-corrected chi connectivity index (χ2v) is 4.40. The molecule has 0 spiro atoms. The minimum Gasteiger partial charge on any atom is -0.379 e. The molecule has 14 heavy (non-hydrogen) atoms. The zero-order valence-electron chi connectivity index (χ0n) is 8.77. The van der Waals surface area contributed by atoms with Crippen molar-refractivity contribution in [3.8, 4) is 0 Å². The van der Waals surface area contributed by atoms with Crippen molar-refractivity contribution in [1.82, 2.24) is 4.90 Å². The Kier molecular flexibility index (Phi) is 5.11. The van der Waals surface area contributed by atoms with Crippen molar-refractivity contribution >= 4 is 11.3 Å². The molecule has 0 saturated carbocycles. The predicted octanol–water partition coefficient (Wildman–Crippen LogP) is 1.15. The Bertz CT molecular complexity index is 234. The van der Waals surface area contributed by atoms with Crippen LogP contribution in [0.4, 0.5) is 0 Å². The van der Waals surface area contributed by atoms with Gasteiger partial charge in [0.05, 0.1) is 6.10 Å². The van der Waals surface area contributed by atoms with Crippen LogP contribution in [0.25, 0.3) is 0 Å². The van der Waals surface area contributed by atoms with Crippen LogP contribution in [0.1, 0.15) is 4.88 Å². The summed E-state index contributed by atoms with van der Waals surface area (Å²) in [5.74, 6) is 0. The third-order valence-corrected chi connectivity index (χ3v) is 2.98. The van der Waals surface area contributed by atoms with Gasteiger partial charge in [0.25, 0.3) is 0 Å². The van der Waals surface area contributed by atoms with Crippen LogP contribution in [-0.2, 0) is 11.3 Å². The number of likely N-dealkylation sites (N-methyl/N-ethyl adjacent to an activating group) is 1. The van der Waals surface area contributed by atoms with E-state index < -0.39 is 0 Å². The van der Waals surface area contributed by atoms with Crippen molar-refractivity contribution < 1.29 is 4.74 Å². The van der Waals surface area contributed by atoms with Gasteiger partial charge in [-0.05, 0) is 18.5 Å². The monoisotopic (exact) mass is 214 g/mol. The Morgan fingerprint density at radius 2 is 2.43 bits per heavy atom. The summed E-state index contributed by atoms with van der Waals surface area (Å²) in [6, 6.07) is 4.22. The quantitative estimate of drug-likeness (QED) is 0.772. The number of ether oxygens (including phenoxy) is 1. The third kappa shape index (κ3) is 3.75. The second kappa shape index (κ2) is 6.14. The molecule has 0 amide bonds. The lowest BCUT2D eigenvalue weighted by atomic mass is 10.3. The summed E-state index contributed by atoms with van der Waals surface area (Å²) in [7, 11) is 3.79. The Labute approximate surface area is 89.5 Å². The molecule has 1 aromatic rings. The van der Waals surface area contributed by atoms with Crippen LogP contribution >= 0.6 is 11.3 Å². The zero-order valence-corrected chi connectivity index (χ0v) is 9.59. The van der Waals surface area contributed by atoms with Crippen LogP contribution in [0.3, 0.4) is 0 Å². The molecule has 0 aliphatic rings. The van der Waals surface area contributed by atoms with Gasteiger partial charge >= 0.3 is 0 Å². The highest BCUT2D eigenvalue weighted by molar-refractivity contribution is 7.09. The Balaban J connectivity index is 2.31. The molecule has 1 aromatic heterocycles. The van der Waals surface area contributed by atoms with Crippen molar-refractivity contribution in [1.29, 1.82) is 0 Å². The summed E-state index contributed by atoms with van der Waals surface area (Å²) in [4.78, 5) is 3.60. The van der Waals surface area contributed by atoms with E-state index in [2.05, 4.69) is 29.5 Å². The smallest absolute Gasteiger partial charge is 0.0820 e. The summed E-state index contributed by atoms with van der Waals surface area (Å²) in [5.41, 5.74) is 5.56. The SMILES string of the molecule is COC(CN)CN(C)Cc1cccs1. The van der Waals surface area contributed by atoms with E-state index >= 15 is 0 Å². The van der Waals surface area contributed by atoms with Crippen LogP contribution in [0.5, 0.6) is 0 Å². The van der Waals surface area contributed by atoms with Gasteiger partial charge < -0.3 is 10.5 Å². The number of rotatable bonds is 6. The van der Waals surface area contributed by atoms with Gasteiger partial charge in [-0.3, -0.25) is 4.90 Å². The van der Waals surface area contributed by atoms with Gasteiger partial charge in [0.15, 0.2) is 0 Å². The number of hydrogen-bond acceptors (Lipinski definition) is 4. The van der Waals surface area contributed by atoms with Crippen molar-refractivity contribution in [2.75, 3.05) is 27.2 Å². The summed E-state index contributed by atoms with van der Waals surface area (Å²) >= 11 is 1.78. The van der Waals surface area contributed by atoms with E-state index in [1.807, 2.05) is 0 Å². The van der Waals surface area contributed by atoms with E-state index in [-0.39, 0.29) is 6.10 Å². The molecule has 1 atom stereocenters. The number of methoxy groups -OCH3 is 1. The van der Waals surface area contributed by atoms with Gasteiger partial charge in [0, 0.05) is 31.6 Å². The maximum atomic E-state index is 5.56. The number of nitrogens with two attached hydrogens (primary N) is 1. The van der Waals surface area contributed by atoms with Gasteiger partial charge in [-0.2, -0.15) is 0 Å². The summed E-state index contributed by atoms with van der Waals surface area (Å²) in [5, 5.41) is 2.10. The molecule has 0 fully saturated rings. The number of thiophene rings is 1. The summed E-state index contributed by atoms with van der Waals surface area (Å²) in [6.45, 7) is 2.42. The van der Waals surface area contributed by atoms with Crippen molar-refractivity contribution in [2.45, 2.75) is 12.6 Å². The molecule has 0 aromatic carbocycles. The highest BCUT2D eigenvalue weighted by atomic mass is 32.1. The fourth-order valence-corrected chi connectivity index (χ4v) is 2.11. The summed E-state index contributed by atoms with van der Waals surface area (Å²) < 4.78 is 5.23. The van der Waals surface area contributed by atoms with Crippen LogP contribution in [0, 0.1) is 0 Å². The third-order valence-electron chi connectivity index (χ3n) is 2.12. The molecular weight excluding hydrogens is 196 g/mol. The maximum absolute atomic E-state index is 5.56. The van der Waals surface area contributed by atoms with Gasteiger partial charge in [0.2, 0.25) is 0 Å². The highest BCUT2D eigenvalue weighted by Gasteiger charge is 2.08. The van der Waals surface area contributed by atoms with E-state index in [0.29, 0.717) is 6.54 Å². The topological polar surface area (TPSA) is 38.5 Å². The molecule has 2 N–H and O–H groups in total. The van der Waals surface area contributed by atoms with Gasteiger partial charge in [-0.25, -0.2) is 0 Å². The molecule has 0 aliphatic carbocycles. The van der Waals surface area contributed by atoms with Gasteiger partial charge in [-0.15, -0.1) is 11.3 Å². The molecule has 3 nitrogen and oxygen atoms in total. The van der Waals surface area contributed by atoms with Crippen LogP contribution in [-0.4, -0.2) is 38.3 Å². The number of nitrogens with zero attached hydrogens (tertiary/aromatic N) is 1. The molecule has 1 rings (SSSR count). The molecule has 1 heterocycles. The molecular formula is C10H18N2OS. The molecule has 0 radical (unpaired) electrons. The minimum atomic E-state index is 0.139. The first-order valence-electron chi connectivity index (χ1n) is 4.70. The Hall–Kier alpha value is -0.420. The first kappa shape index (κ1) is 11.7. The standard InChI is InChI=1S/C10H18N2OS/c1-12(7-9(6-11)13-2)8-10-4-3-5-14-10/h3-5,9H,6-8,11H2,1-2H3. The largest absolute Gasteiger partial charge is 0.379 e. The van der Waals surface area contributed by atoms with Gasteiger partial charge in [0.1, 0.15) is 0 Å². The minimum absolute atomic E-state index is 0.139. The molecule has 0 saturated heterocycles. The summed E-state index contributed by atoms with van der Waals surface area (Å²) in [6.07, 6.45) is 0.139. The maximum Gasteiger partial charge on any atom is 0.0820 e. The van der Waals surface area contributed by atoms with E-state index in [4.69, 9.17) is 10.5 Å². The predicted molar refractivity (Wildman–Crippen MR) is 60.5 cm³/mol. The molecule has 0 aliphatic heterocycles. The van der Waals surface area contributed by atoms with E-state index in [1.165, 1.54) is 4.88 Å². The van der Waals surface area contributed by atoms with Crippen LogP contribution in [0.2, 0.25) is 0 Å².